The van der Waals surface area contributed by atoms with Gasteiger partial charge in [0.05, 0.1) is 11.5 Å². The Morgan fingerprint density at radius 2 is 2.00 bits per heavy atom. The quantitative estimate of drug-likeness (QED) is 0.892. The number of aromatic carboxylic acids is 1. The summed E-state index contributed by atoms with van der Waals surface area (Å²) >= 11 is 1.35. The molecule has 0 amide bonds. The minimum Gasteiger partial charge on any atom is -0.478 e. The number of alkyl halides is 3. The van der Waals surface area contributed by atoms with E-state index < -0.39 is 18.1 Å². The summed E-state index contributed by atoms with van der Waals surface area (Å²) in [6.07, 6.45) is -2.70. The maximum atomic E-state index is 12.5. The Balaban J connectivity index is 1.77. The van der Waals surface area contributed by atoms with E-state index >= 15 is 0 Å². The van der Waals surface area contributed by atoms with Gasteiger partial charge in [-0.15, -0.1) is 11.3 Å². The molecule has 0 atom stereocenters. The maximum absolute atomic E-state index is 12.5. The first-order chi connectivity index (χ1) is 9.36. The minimum absolute atomic E-state index is 0.0870. The molecule has 1 aromatic rings. The fraction of sp³-hybridized carbons (Fsp3) is 0.615. The van der Waals surface area contributed by atoms with Crippen LogP contribution in [0.3, 0.4) is 0 Å². The maximum Gasteiger partial charge on any atom is 0.391 e. The molecule has 0 aliphatic heterocycles. The number of hydrogen-bond donors (Lipinski definition) is 2. The van der Waals surface area contributed by atoms with Crippen molar-refractivity contribution in [2.24, 2.45) is 5.92 Å². The Morgan fingerprint density at radius 1 is 1.35 bits per heavy atom. The largest absolute Gasteiger partial charge is 0.478 e. The monoisotopic (exact) mass is 307 g/mol. The second-order valence-corrected chi connectivity index (χ2v) is 6.07. The van der Waals surface area contributed by atoms with Gasteiger partial charge in [-0.1, -0.05) is 0 Å². The van der Waals surface area contributed by atoms with Crippen LogP contribution in [0.1, 0.15) is 40.9 Å². The predicted molar refractivity (Wildman–Crippen MR) is 69.9 cm³/mol. The van der Waals surface area contributed by atoms with Crippen LogP contribution in [0, 0.1) is 5.92 Å². The van der Waals surface area contributed by atoms with Gasteiger partial charge in [-0.3, -0.25) is 0 Å². The molecule has 7 heteroatoms. The van der Waals surface area contributed by atoms with Crippen molar-refractivity contribution in [1.82, 2.24) is 5.32 Å². The zero-order valence-corrected chi connectivity index (χ0v) is 11.6. The molecule has 112 valence electrons. The summed E-state index contributed by atoms with van der Waals surface area (Å²) in [6, 6.07) is 1.69. The van der Waals surface area contributed by atoms with Gasteiger partial charge in [0, 0.05) is 22.8 Å². The van der Waals surface area contributed by atoms with E-state index in [2.05, 4.69) is 5.32 Å². The number of rotatable bonds is 4. The van der Waals surface area contributed by atoms with Gasteiger partial charge in [0.1, 0.15) is 0 Å². The van der Waals surface area contributed by atoms with E-state index in [1.807, 2.05) is 0 Å². The third-order valence-electron chi connectivity index (χ3n) is 3.66. The van der Waals surface area contributed by atoms with Crippen LogP contribution in [0.2, 0.25) is 0 Å². The average molecular weight is 307 g/mol. The van der Waals surface area contributed by atoms with E-state index in [1.165, 1.54) is 11.3 Å². The molecule has 0 radical (unpaired) electrons. The van der Waals surface area contributed by atoms with Crippen LogP contribution in [0.25, 0.3) is 0 Å². The van der Waals surface area contributed by atoms with Crippen LogP contribution >= 0.6 is 11.3 Å². The highest BCUT2D eigenvalue weighted by Crippen LogP contribution is 2.37. The molecule has 2 rings (SSSR count). The van der Waals surface area contributed by atoms with E-state index in [9.17, 15) is 18.0 Å². The number of hydrogen-bond acceptors (Lipinski definition) is 3. The first kappa shape index (κ1) is 15.3. The van der Waals surface area contributed by atoms with Crippen molar-refractivity contribution in [3.8, 4) is 0 Å². The summed E-state index contributed by atoms with van der Waals surface area (Å²) in [5, 5.41) is 13.6. The SMILES string of the molecule is O=C(O)c1csc(CNC2CCC(C(F)(F)F)CC2)c1. The number of carbonyl (C=O) groups is 1. The summed E-state index contributed by atoms with van der Waals surface area (Å²) < 4.78 is 37.6. The van der Waals surface area contributed by atoms with Crippen LogP contribution in [-0.2, 0) is 6.54 Å². The molecule has 0 unspecified atom stereocenters. The fourth-order valence-electron chi connectivity index (χ4n) is 2.46. The third-order valence-corrected chi connectivity index (χ3v) is 4.59. The van der Waals surface area contributed by atoms with Crippen LogP contribution in [-0.4, -0.2) is 23.3 Å². The molecule has 1 aliphatic carbocycles. The standard InChI is InChI=1S/C13H16F3NO2S/c14-13(15,16)9-1-3-10(4-2-9)17-6-11-5-8(7-20-11)12(18)19/h5,7,9-10,17H,1-4,6H2,(H,18,19). The number of nitrogens with one attached hydrogen (secondary N) is 1. The minimum atomic E-state index is -4.07. The van der Waals surface area contributed by atoms with Crippen LogP contribution in [0.4, 0.5) is 13.2 Å². The summed E-state index contributed by atoms with van der Waals surface area (Å²) in [6.45, 7) is 0.513. The van der Waals surface area contributed by atoms with Crippen molar-refractivity contribution in [2.45, 2.75) is 44.4 Å². The number of halogens is 3. The number of thiophene rings is 1. The van der Waals surface area contributed by atoms with Gasteiger partial charge < -0.3 is 10.4 Å². The van der Waals surface area contributed by atoms with E-state index in [0.29, 0.717) is 19.4 Å². The smallest absolute Gasteiger partial charge is 0.391 e. The second kappa shape index (κ2) is 6.13. The van der Waals surface area contributed by atoms with E-state index in [-0.39, 0.29) is 24.4 Å². The Hall–Kier alpha value is -1.08. The zero-order valence-electron chi connectivity index (χ0n) is 10.7. The molecule has 0 saturated heterocycles. The van der Waals surface area contributed by atoms with Crippen molar-refractivity contribution in [1.29, 1.82) is 0 Å². The lowest BCUT2D eigenvalue weighted by Gasteiger charge is -2.30. The van der Waals surface area contributed by atoms with E-state index in [1.54, 1.807) is 11.4 Å². The molecule has 1 heterocycles. The van der Waals surface area contributed by atoms with Gasteiger partial charge in [0.25, 0.3) is 0 Å². The van der Waals surface area contributed by atoms with Gasteiger partial charge in [-0.25, -0.2) is 4.79 Å². The first-order valence-electron chi connectivity index (χ1n) is 6.47. The van der Waals surface area contributed by atoms with Gasteiger partial charge in [0.15, 0.2) is 0 Å². The predicted octanol–water partition coefficient (Wildman–Crippen LogP) is 3.66. The highest BCUT2D eigenvalue weighted by molar-refractivity contribution is 7.10. The topological polar surface area (TPSA) is 49.3 Å². The van der Waals surface area contributed by atoms with Gasteiger partial charge >= 0.3 is 12.1 Å². The molecule has 2 N–H and O–H groups in total. The average Bonchev–Trinajstić information content (AvgIpc) is 2.85. The molecule has 3 nitrogen and oxygen atoms in total. The van der Waals surface area contributed by atoms with Gasteiger partial charge in [0.2, 0.25) is 0 Å². The zero-order chi connectivity index (χ0) is 14.8. The Kier molecular flexibility index (Phi) is 4.70. The number of carboxylic acids is 1. The lowest BCUT2D eigenvalue weighted by atomic mass is 9.85. The molecular formula is C13H16F3NO2S. The van der Waals surface area contributed by atoms with Crippen molar-refractivity contribution >= 4 is 17.3 Å². The van der Waals surface area contributed by atoms with Crippen molar-refractivity contribution in [3.05, 3.63) is 21.9 Å². The fourth-order valence-corrected chi connectivity index (χ4v) is 3.26. The van der Waals surface area contributed by atoms with Gasteiger partial charge in [-0.2, -0.15) is 13.2 Å². The van der Waals surface area contributed by atoms with Crippen LogP contribution < -0.4 is 5.32 Å². The molecule has 1 aliphatic rings. The first-order valence-corrected chi connectivity index (χ1v) is 7.35. The highest BCUT2D eigenvalue weighted by atomic mass is 32.1. The van der Waals surface area contributed by atoms with E-state index in [4.69, 9.17) is 5.11 Å². The van der Waals surface area contributed by atoms with Crippen molar-refractivity contribution < 1.29 is 23.1 Å². The third kappa shape index (κ3) is 3.96. The Morgan fingerprint density at radius 3 is 2.50 bits per heavy atom. The Labute approximate surface area is 118 Å². The summed E-state index contributed by atoms with van der Waals surface area (Å²) in [5.74, 6) is -2.13. The molecule has 0 spiro atoms. The Bertz CT molecular complexity index is 464. The molecule has 20 heavy (non-hydrogen) atoms. The molecule has 1 fully saturated rings. The summed E-state index contributed by atoms with van der Waals surface area (Å²) in [5.41, 5.74) is 0.257. The lowest BCUT2D eigenvalue weighted by molar-refractivity contribution is -0.182. The normalized spacial score (nSPS) is 23.8. The van der Waals surface area contributed by atoms with Crippen molar-refractivity contribution in [2.75, 3.05) is 0 Å². The molecule has 1 saturated carbocycles. The second-order valence-electron chi connectivity index (χ2n) is 5.08. The molecule has 1 aromatic heterocycles. The molecule has 0 bridgehead atoms. The lowest BCUT2D eigenvalue weighted by Crippen LogP contribution is -2.36. The highest BCUT2D eigenvalue weighted by Gasteiger charge is 2.41. The molecular weight excluding hydrogens is 291 g/mol. The van der Waals surface area contributed by atoms with E-state index in [0.717, 1.165) is 4.88 Å². The summed E-state index contributed by atoms with van der Waals surface area (Å²) in [4.78, 5) is 11.6. The van der Waals surface area contributed by atoms with Crippen LogP contribution in [0.5, 0.6) is 0 Å². The molecule has 0 aromatic carbocycles. The number of carboxylic acid groups (broad SMARTS) is 1. The van der Waals surface area contributed by atoms with Crippen molar-refractivity contribution in [3.63, 3.8) is 0 Å². The summed E-state index contributed by atoms with van der Waals surface area (Å²) in [7, 11) is 0. The van der Waals surface area contributed by atoms with Gasteiger partial charge in [-0.05, 0) is 31.7 Å². The van der Waals surface area contributed by atoms with Crippen LogP contribution in [0.15, 0.2) is 11.4 Å².